The smallest absolute Gasteiger partial charge is 0.225 e. The van der Waals surface area contributed by atoms with Crippen LogP contribution in [0.1, 0.15) is 26.3 Å². The molecule has 2 rings (SSSR count). The molecule has 110 valence electrons. The highest BCUT2D eigenvalue weighted by molar-refractivity contribution is 5.81. The summed E-state index contributed by atoms with van der Waals surface area (Å²) < 4.78 is 13.0. The third-order valence-electron chi connectivity index (χ3n) is 3.13. The van der Waals surface area contributed by atoms with E-state index in [0.717, 1.165) is 16.8 Å². The molecule has 2 aromatic rings. The molecule has 1 N–H and O–H groups in total. The highest BCUT2D eigenvalue weighted by Gasteiger charge is 2.21. The molecule has 0 unspecified atom stereocenters. The standard InChI is InChI=1S/C17H19FN2O/c1-17(2,3)16(21)20-11-13-5-4-10-19-15(13)12-6-8-14(18)9-7-12/h4-10H,11H2,1-3H3,(H,20,21). The van der Waals surface area contributed by atoms with Crippen molar-refractivity contribution >= 4 is 5.91 Å². The minimum Gasteiger partial charge on any atom is -0.351 e. The fraction of sp³-hybridized carbons (Fsp3) is 0.294. The van der Waals surface area contributed by atoms with Gasteiger partial charge >= 0.3 is 0 Å². The number of amides is 1. The Bertz CT molecular complexity index is 630. The van der Waals surface area contributed by atoms with Crippen molar-refractivity contribution in [2.75, 3.05) is 0 Å². The van der Waals surface area contributed by atoms with Crippen molar-refractivity contribution in [2.45, 2.75) is 27.3 Å². The molecule has 21 heavy (non-hydrogen) atoms. The Labute approximate surface area is 124 Å². The number of nitrogens with one attached hydrogen (secondary N) is 1. The van der Waals surface area contributed by atoms with Gasteiger partial charge in [-0.05, 0) is 35.9 Å². The molecule has 3 nitrogen and oxygen atoms in total. The maximum Gasteiger partial charge on any atom is 0.225 e. The third kappa shape index (κ3) is 3.88. The van der Waals surface area contributed by atoms with E-state index in [2.05, 4.69) is 10.3 Å². The summed E-state index contributed by atoms with van der Waals surface area (Å²) in [6.07, 6.45) is 1.69. The first-order chi connectivity index (χ1) is 9.88. The third-order valence-corrected chi connectivity index (χ3v) is 3.13. The summed E-state index contributed by atoms with van der Waals surface area (Å²) in [7, 11) is 0. The van der Waals surface area contributed by atoms with E-state index in [1.165, 1.54) is 12.1 Å². The Morgan fingerprint density at radius 3 is 2.48 bits per heavy atom. The number of pyridine rings is 1. The number of nitrogens with zero attached hydrogens (tertiary/aromatic N) is 1. The number of hydrogen-bond acceptors (Lipinski definition) is 2. The van der Waals surface area contributed by atoms with Crippen LogP contribution >= 0.6 is 0 Å². The summed E-state index contributed by atoms with van der Waals surface area (Å²) in [6, 6.07) is 9.92. The van der Waals surface area contributed by atoms with Gasteiger partial charge in [0.15, 0.2) is 0 Å². The van der Waals surface area contributed by atoms with Crippen LogP contribution in [0, 0.1) is 11.2 Å². The lowest BCUT2D eigenvalue weighted by molar-refractivity contribution is -0.128. The first-order valence-corrected chi connectivity index (χ1v) is 6.86. The van der Waals surface area contributed by atoms with Crippen LogP contribution < -0.4 is 5.32 Å². The van der Waals surface area contributed by atoms with Crippen LogP contribution in [0.25, 0.3) is 11.3 Å². The predicted molar refractivity (Wildman–Crippen MR) is 80.9 cm³/mol. The van der Waals surface area contributed by atoms with Gasteiger partial charge in [-0.15, -0.1) is 0 Å². The van der Waals surface area contributed by atoms with Gasteiger partial charge in [-0.1, -0.05) is 26.8 Å². The molecule has 0 aliphatic heterocycles. The summed E-state index contributed by atoms with van der Waals surface area (Å²) in [5.74, 6) is -0.298. The number of rotatable bonds is 3. The van der Waals surface area contributed by atoms with Gasteiger partial charge in [-0.2, -0.15) is 0 Å². The lowest BCUT2D eigenvalue weighted by atomic mass is 9.95. The van der Waals surface area contributed by atoms with E-state index in [1.807, 2.05) is 32.9 Å². The quantitative estimate of drug-likeness (QED) is 0.937. The summed E-state index contributed by atoms with van der Waals surface area (Å²) in [5, 5.41) is 2.91. The minimum absolute atomic E-state index is 0.0172. The Kier molecular flexibility index (Phi) is 4.36. The van der Waals surface area contributed by atoms with E-state index >= 15 is 0 Å². The molecule has 0 saturated heterocycles. The topological polar surface area (TPSA) is 42.0 Å². The average Bonchev–Trinajstić information content (AvgIpc) is 2.45. The fourth-order valence-corrected chi connectivity index (χ4v) is 1.89. The predicted octanol–water partition coefficient (Wildman–Crippen LogP) is 3.55. The van der Waals surface area contributed by atoms with Crippen molar-refractivity contribution in [1.82, 2.24) is 10.3 Å². The number of aromatic nitrogens is 1. The first kappa shape index (κ1) is 15.2. The molecule has 0 saturated carbocycles. The lowest BCUT2D eigenvalue weighted by Crippen LogP contribution is -2.34. The zero-order valence-corrected chi connectivity index (χ0v) is 12.5. The van der Waals surface area contributed by atoms with Crippen molar-refractivity contribution in [2.24, 2.45) is 5.41 Å². The Balaban J connectivity index is 2.22. The van der Waals surface area contributed by atoms with Crippen molar-refractivity contribution in [1.29, 1.82) is 0 Å². The number of carbonyl (C=O) groups is 1. The molecular formula is C17H19FN2O. The second kappa shape index (κ2) is 6.04. The highest BCUT2D eigenvalue weighted by atomic mass is 19.1. The first-order valence-electron chi connectivity index (χ1n) is 6.86. The number of benzene rings is 1. The van der Waals surface area contributed by atoms with E-state index in [1.54, 1.807) is 18.3 Å². The maximum atomic E-state index is 13.0. The Morgan fingerprint density at radius 1 is 1.19 bits per heavy atom. The second-order valence-electron chi connectivity index (χ2n) is 5.95. The molecule has 0 bridgehead atoms. The van der Waals surface area contributed by atoms with Crippen LogP contribution in [-0.2, 0) is 11.3 Å². The van der Waals surface area contributed by atoms with Gasteiger partial charge in [-0.25, -0.2) is 4.39 Å². The van der Waals surface area contributed by atoms with Crippen molar-refractivity contribution in [3.05, 3.63) is 54.0 Å². The van der Waals surface area contributed by atoms with E-state index in [0.29, 0.717) is 6.54 Å². The molecule has 4 heteroatoms. The molecule has 1 aromatic heterocycles. The van der Waals surface area contributed by atoms with E-state index in [4.69, 9.17) is 0 Å². The van der Waals surface area contributed by atoms with E-state index in [-0.39, 0.29) is 11.7 Å². The van der Waals surface area contributed by atoms with Crippen LogP contribution in [0.5, 0.6) is 0 Å². The zero-order chi connectivity index (χ0) is 15.5. The van der Waals surface area contributed by atoms with Crippen molar-refractivity contribution in [3.8, 4) is 11.3 Å². The molecule has 1 amide bonds. The van der Waals surface area contributed by atoms with Crippen LogP contribution in [0.15, 0.2) is 42.6 Å². The molecule has 0 aliphatic rings. The van der Waals surface area contributed by atoms with Gasteiger partial charge in [0.1, 0.15) is 5.82 Å². The summed E-state index contributed by atoms with van der Waals surface area (Å²) in [6.45, 7) is 6.00. The summed E-state index contributed by atoms with van der Waals surface area (Å²) in [5.41, 5.74) is 2.06. The van der Waals surface area contributed by atoms with Crippen LogP contribution in [-0.4, -0.2) is 10.9 Å². The number of hydrogen-bond donors (Lipinski definition) is 1. The number of halogens is 1. The largest absolute Gasteiger partial charge is 0.351 e. The van der Waals surface area contributed by atoms with Gasteiger partial charge in [0, 0.05) is 23.7 Å². The van der Waals surface area contributed by atoms with Crippen LogP contribution in [0.2, 0.25) is 0 Å². The molecule has 1 aromatic carbocycles. The van der Waals surface area contributed by atoms with Crippen LogP contribution in [0.4, 0.5) is 4.39 Å². The Hall–Kier alpha value is -2.23. The van der Waals surface area contributed by atoms with Gasteiger partial charge in [0.05, 0.1) is 5.69 Å². The summed E-state index contributed by atoms with van der Waals surface area (Å²) >= 11 is 0. The normalized spacial score (nSPS) is 11.2. The molecule has 0 radical (unpaired) electrons. The van der Waals surface area contributed by atoms with Crippen molar-refractivity contribution < 1.29 is 9.18 Å². The molecule has 1 heterocycles. The van der Waals surface area contributed by atoms with Crippen LogP contribution in [0.3, 0.4) is 0 Å². The average molecular weight is 286 g/mol. The molecular weight excluding hydrogens is 267 g/mol. The minimum atomic E-state index is -0.432. The Morgan fingerprint density at radius 2 is 1.86 bits per heavy atom. The lowest BCUT2D eigenvalue weighted by Gasteiger charge is -2.18. The van der Waals surface area contributed by atoms with Gasteiger partial charge < -0.3 is 5.32 Å². The maximum absolute atomic E-state index is 13.0. The number of carbonyl (C=O) groups excluding carboxylic acids is 1. The van der Waals surface area contributed by atoms with Gasteiger partial charge in [-0.3, -0.25) is 9.78 Å². The molecule has 0 atom stereocenters. The molecule has 0 aliphatic carbocycles. The van der Waals surface area contributed by atoms with E-state index < -0.39 is 5.41 Å². The highest BCUT2D eigenvalue weighted by Crippen LogP contribution is 2.22. The molecule has 0 fully saturated rings. The SMILES string of the molecule is CC(C)(C)C(=O)NCc1cccnc1-c1ccc(F)cc1. The monoisotopic (exact) mass is 286 g/mol. The van der Waals surface area contributed by atoms with Gasteiger partial charge in [0.25, 0.3) is 0 Å². The van der Waals surface area contributed by atoms with Gasteiger partial charge in [0.2, 0.25) is 5.91 Å². The second-order valence-corrected chi connectivity index (χ2v) is 5.95. The van der Waals surface area contributed by atoms with Crippen molar-refractivity contribution in [3.63, 3.8) is 0 Å². The zero-order valence-electron chi connectivity index (χ0n) is 12.5. The van der Waals surface area contributed by atoms with E-state index in [9.17, 15) is 9.18 Å². The fourth-order valence-electron chi connectivity index (χ4n) is 1.89. The molecule has 0 spiro atoms. The summed E-state index contributed by atoms with van der Waals surface area (Å²) in [4.78, 5) is 16.3.